The molecule has 0 bridgehead atoms. The van der Waals surface area contributed by atoms with Gasteiger partial charge < -0.3 is 9.64 Å². The molecule has 0 saturated carbocycles. The fourth-order valence-electron chi connectivity index (χ4n) is 3.85. The van der Waals surface area contributed by atoms with E-state index in [0.717, 1.165) is 11.3 Å². The van der Waals surface area contributed by atoms with Gasteiger partial charge in [0, 0.05) is 31.2 Å². The van der Waals surface area contributed by atoms with Crippen molar-refractivity contribution in [3.8, 4) is 11.8 Å². The van der Waals surface area contributed by atoms with Crippen LogP contribution >= 0.6 is 11.6 Å². The van der Waals surface area contributed by atoms with E-state index in [1.807, 2.05) is 12.1 Å². The molecule has 0 aliphatic carbocycles. The summed E-state index contributed by atoms with van der Waals surface area (Å²) in [5.74, 6) is 0.379. The van der Waals surface area contributed by atoms with Crippen molar-refractivity contribution in [2.75, 3.05) is 32.8 Å². The maximum atomic E-state index is 13.0. The summed E-state index contributed by atoms with van der Waals surface area (Å²) in [6, 6.07) is 13.5. The number of amides is 1. The first-order valence-corrected chi connectivity index (χ1v) is 11.4. The maximum Gasteiger partial charge on any atom is 0.244 e. The molecule has 0 N–H and O–H groups in total. The number of sulfonamides is 1. The van der Waals surface area contributed by atoms with Crippen LogP contribution in [0.25, 0.3) is 0 Å². The zero-order valence-corrected chi connectivity index (χ0v) is 17.7. The number of nitriles is 1. The van der Waals surface area contributed by atoms with Gasteiger partial charge in [-0.15, -0.1) is 0 Å². The third-order valence-corrected chi connectivity index (χ3v) is 7.65. The molecule has 2 aromatic rings. The normalized spacial score (nSPS) is 19.5. The van der Waals surface area contributed by atoms with Crippen molar-refractivity contribution in [1.82, 2.24) is 9.21 Å². The highest BCUT2D eigenvalue weighted by atomic mass is 35.5. The molecule has 1 atom stereocenters. The second-order valence-electron chi connectivity index (χ2n) is 7.30. The number of benzene rings is 2. The Kier molecular flexibility index (Phi) is 5.69. The van der Waals surface area contributed by atoms with Crippen molar-refractivity contribution in [2.24, 2.45) is 5.92 Å². The topological polar surface area (TPSA) is 90.7 Å². The second-order valence-corrected chi connectivity index (χ2v) is 9.64. The Morgan fingerprint density at radius 1 is 1.13 bits per heavy atom. The van der Waals surface area contributed by atoms with Gasteiger partial charge in [-0.25, -0.2) is 8.42 Å². The Morgan fingerprint density at radius 2 is 1.87 bits per heavy atom. The summed E-state index contributed by atoms with van der Waals surface area (Å²) in [4.78, 5) is 14.7. The highest BCUT2D eigenvalue weighted by Crippen LogP contribution is 2.31. The highest BCUT2D eigenvalue weighted by molar-refractivity contribution is 7.89. The molecule has 7 nitrogen and oxygen atoms in total. The van der Waals surface area contributed by atoms with Crippen LogP contribution in [0.3, 0.4) is 0 Å². The number of piperazine rings is 1. The lowest BCUT2D eigenvalue weighted by Crippen LogP contribution is -2.53. The molecular formula is C21H20ClN3O4S. The quantitative estimate of drug-likeness (QED) is 0.723. The average Bonchev–Trinajstić information content (AvgIpc) is 2.78. The number of carbonyl (C=O) groups is 1. The third-order valence-electron chi connectivity index (χ3n) is 5.45. The van der Waals surface area contributed by atoms with E-state index in [9.17, 15) is 18.5 Å². The summed E-state index contributed by atoms with van der Waals surface area (Å²) >= 11 is 6.05. The zero-order valence-electron chi connectivity index (χ0n) is 16.1. The van der Waals surface area contributed by atoms with Gasteiger partial charge in [-0.3, -0.25) is 4.79 Å². The summed E-state index contributed by atoms with van der Waals surface area (Å²) in [6.45, 7) is 1.26. The van der Waals surface area contributed by atoms with Crippen LogP contribution in [0.4, 0.5) is 0 Å². The molecule has 9 heteroatoms. The Balaban J connectivity index is 1.42. The fourth-order valence-corrected chi connectivity index (χ4v) is 5.61. The second kappa shape index (κ2) is 8.26. The summed E-state index contributed by atoms with van der Waals surface area (Å²) in [7, 11) is -3.79. The fraction of sp³-hybridized carbons (Fsp3) is 0.333. The van der Waals surface area contributed by atoms with E-state index >= 15 is 0 Å². The van der Waals surface area contributed by atoms with Crippen LogP contribution in [0.1, 0.15) is 11.1 Å². The minimum Gasteiger partial charge on any atom is -0.492 e. The summed E-state index contributed by atoms with van der Waals surface area (Å²) in [5, 5.41) is 9.82. The van der Waals surface area contributed by atoms with Gasteiger partial charge in [-0.1, -0.05) is 23.7 Å². The van der Waals surface area contributed by atoms with Gasteiger partial charge in [-0.2, -0.15) is 9.57 Å². The molecule has 4 rings (SSSR count). The van der Waals surface area contributed by atoms with Crippen LogP contribution in [-0.2, 0) is 21.2 Å². The standard InChI is InChI=1S/C21H20ClN3O4S/c22-18-5-6-19-16(12-18)11-17(14-29-19)21(26)24-7-9-25(10-8-24)30(27,28)20-4-2-1-3-15(20)13-23/h1-6,12,17H,7-11,14H2/t17-/m0/s1. The van der Waals surface area contributed by atoms with Gasteiger partial charge in [0.25, 0.3) is 0 Å². The zero-order chi connectivity index (χ0) is 21.3. The van der Waals surface area contributed by atoms with Gasteiger partial charge in [0.2, 0.25) is 15.9 Å². The third kappa shape index (κ3) is 3.88. The molecule has 2 aliphatic rings. The number of hydrogen-bond acceptors (Lipinski definition) is 5. The first-order chi connectivity index (χ1) is 14.4. The number of hydrogen-bond donors (Lipinski definition) is 0. The molecule has 156 valence electrons. The summed E-state index contributed by atoms with van der Waals surface area (Å²) in [5.41, 5.74) is 1.02. The predicted octanol–water partition coefficient (Wildman–Crippen LogP) is 2.30. The monoisotopic (exact) mass is 445 g/mol. The number of ether oxygens (including phenoxy) is 1. The smallest absolute Gasteiger partial charge is 0.244 e. The molecular weight excluding hydrogens is 426 g/mol. The lowest BCUT2D eigenvalue weighted by atomic mass is 9.95. The molecule has 1 saturated heterocycles. The number of nitrogens with zero attached hydrogens (tertiary/aromatic N) is 3. The van der Waals surface area contributed by atoms with Crippen LogP contribution in [0, 0.1) is 17.2 Å². The number of rotatable bonds is 3. The molecule has 1 amide bonds. The van der Waals surface area contributed by atoms with Crippen LogP contribution in [0.5, 0.6) is 5.75 Å². The molecule has 1 fully saturated rings. The molecule has 0 aromatic heterocycles. The van der Waals surface area contributed by atoms with E-state index < -0.39 is 10.0 Å². The lowest BCUT2D eigenvalue weighted by molar-refractivity contribution is -0.138. The first-order valence-electron chi connectivity index (χ1n) is 9.59. The van der Waals surface area contributed by atoms with Crippen molar-refractivity contribution in [3.05, 3.63) is 58.6 Å². The number of halogens is 1. The molecule has 0 spiro atoms. The Labute approximate surface area is 180 Å². The summed E-state index contributed by atoms with van der Waals surface area (Å²) < 4.78 is 33.0. The Bertz CT molecular complexity index is 1120. The molecule has 0 radical (unpaired) electrons. The lowest BCUT2D eigenvalue weighted by Gasteiger charge is -2.36. The van der Waals surface area contributed by atoms with Crippen molar-refractivity contribution >= 4 is 27.5 Å². The minimum absolute atomic E-state index is 0.00134. The van der Waals surface area contributed by atoms with Crippen LogP contribution in [0.15, 0.2) is 47.4 Å². The van der Waals surface area contributed by atoms with E-state index in [-0.39, 0.29) is 35.4 Å². The number of carbonyl (C=O) groups excluding carboxylic acids is 1. The van der Waals surface area contributed by atoms with Crippen molar-refractivity contribution in [1.29, 1.82) is 5.26 Å². The SMILES string of the molecule is N#Cc1ccccc1S(=O)(=O)N1CCN(C(=O)[C@@H]2COc3ccc(Cl)cc3C2)CC1. The maximum absolute atomic E-state index is 13.0. The van der Waals surface area contributed by atoms with Crippen LogP contribution in [-0.4, -0.2) is 56.3 Å². The predicted molar refractivity (Wildman–Crippen MR) is 111 cm³/mol. The van der Waals surface area contributed by atoms with Crippen LogP contribution < -0.4 is 4.74 Å². The van der Waals surface area contributed by atoms with E-state index in [4.69, 9.17) is 16.3 Å². The minimum atomic E-state index is -3.79. The largest absolute Gasteiger partial charge is 0.492 e. The Hall–Kier alpha value is -2.60. The van der Waals surface area contributed by atoms with Crippen molar-refractivity contribution < 1.29 is 17.9 Å². The van der Waals surface area contributed by atoms with E-state index in [2.05, 4.69) is 0 Å². The highest BCUT2D eigenvalue weighted by Gasteiger charge is 2.35. The molecule has 2 heterocycles. The number of fused-ring (bicyclic) bond motifs is 1. The molecule has 2 aliphatic heterocycles. The first kappa shape index (κ1) is 20.7. The van der Waals surface area contributed by atoms with Crippen LogP contribution in [0.2, 0.25) is 5.02 Å². The molecule has 2 aromatic carbocycles. The van der Waals surface area contributed by atoms with Gasteiger partial charge >= 0.3 is 0 Å². The average molecular weight is 446 g/mol. The van der Waals surface area contributed by atoms with E-state index in [1.165, 1.54) is 16.4 Å². The van der Waals surface area contributed by atoms with Gasteiger partial charge in [0.05, 0.1) is 16.4 Å². The Morgan fingerprint density at radius 3 is 2.60 bits per heavy atom. The van der Waals surface area contributed by atoms with E-state index in [0.29, 0.717) is 31.1 Å². The van der Waals surface area contributed by atoms with Gasteiger partial charge in [-0.05, 0) is 42.3 Å². The van der Waals surface area contributed by atoms with Crippen molar-refractivity contribution in [2.45, 2.75) is 11.3 Å². The molecule has 0 unspecified atom stereocenters. The van der Waals surface area contributed by atoms with E-state index in [1.54, 1.807) is 29.2 Å². The van der Waals surface area contributed by atoms with Gasteiger partial charge in [0.1, 0.15) is 18.4 Å². The summed E-state index contributed by atoms with van der Waals surface area (Å²) in [6.07, 6.45) is 0.544. The van der Waals surface area contributed by atoms with Crippen molar-refractivity contribution in [3.63, 3.8) is 0 Å². The molecule has 30 heavy (non-hydrogen) atoms. The van der Waals surface area contributed by atoms with Gasteiger partial charge in [0.15, 0.2) is 0 Å².